The van der Waals surface area contributed by atoms with E-state index in [9.17, 15) is 14.7 Å². The van der Waals surface area contributed by atoms with Gasteiger partial charge in [0.2, 0.25) is 5.91 Å². The highest BCUT2D eigenvalue weighted by Crippen LogP contribution is 2.44. The van der Waals surface area contributed by atoms with Crippen LogP contribution in [0.2, 0.25) is 0 Å². The Labute approximate surface area is 254 Å². The molecule has 0 saturated heterocycles. The van der Waals surface area contributed by atoms with Crippen molar-refractivity contribution in [3.8, 4) is 11.1 Å². The first-order valence-electron chi connectivity index (χ1n) is 16.7. The number of aliphatic hydroxyl groups excluding tert-OH is 1. The van der Waals surface area contributed by atoms with Crippen molar-refractivity contribution in [3.05, 3.63) is 59.7 Å². The molecule has 232 valence electrons. The number of unbranched alkanes of at least 4 members (excludes halogenated alkanes) is 15. The molecule has 0 saturated carbocycles. The van der Waals surface area contributed by atoms with E-state index in [1.807, 2.05) is 24.3 Å². The van der Waals surface area contributed by atoms with Crippen LogP contribution in [0.25, 0.3) is 11.1 Å². The summed E-state index contributed by atoms with van der Waals surface area (Å²) in [6.45, 7) is 2.50. The summed E-state index contributed by atoms with van der Waals surface area (Å²) in [5, 5.41) is 15.1. The topological polar surface area (TPSA) is 87.7 Å². The van der Waals surface area contributed by atoms with E-state index in [1.54, 1.807) is 0 Å². The highest BCUT2D eigenvalue weighted by Gasteiger charge is 2.29. The van der Waals surface area contributed by atoms with Crippen LogP contribution in [-0.2, 0) is 9.53 Å². The van der Waals surface area contributed by atoms with Crippen LogP contribution in [0, 0.1) is 0 Å². The Morgan fingerprint density at radius 3 is 1.64 bits per heavy atom. The molecule has 0 fully saturated rings. The molecule has 1 atom stereocenters. The largest absolute Gasteiger partial charge is 0.449 e. The summed E-state index contributed by atoms with van der Waals surface area (Å²) in [4.78, 5) is 25.0. The van der Waals surface area contributed by atoms with Gasteiger partial charge in [0.1, 0.15) is 12.6 Å². The molecule has 0 aromatic heterocycles. The van der Waals surface area contributed by atoms with Crippen LogP contribution >= 0.6 is 0 Å². The summed E-state index contributed by atoms with van der Waals surface area (Å²) in [5.74, 6) is -0.438. The quantitative estimate of drug-likeness (QED) is 0.123. The van der Waals surface area contributed by atoms with Crippen LogP contribution in [0.3, 0.4) is 0 Å². The highest BCUT2D eigenvalue weighted by atomic mass is 16.5. The van der Waals surface area contributed by atoms with E-state index in [2.05, 4.69) is 41.8 Å². The lowest BCUT2D eigenvalue weighted by Gasteiger charge is -2.18. The number of rotatable bonds is 22. The molecule has 3 N–H and O–H groups in total. The van der Waals surface area contributed by atoms with Crippen molar-refractivity contribution in [3.63, 3.8) is 0 Å². The molecule has 0 bridgehead atoms. The van der Waals surface area contributed by atoms with E-state index in [1.165, 1.54) is 89.9 Å². The minimum absolute atomic E-state index is 0.0561. The Hall–Kier alpha value is -2.86. The van der Waals surface area contributed by atoms with Gasteiger partial charge in [0.25, 0.3) is 0 Å². The molecular formula is C36H54N2O4. The minimum Gasteiger partial charge on any atom is -0.449 e. The van der Waals surface area contributed by atoms with Crippen LogP contribution in [0.4, 0.5) is 4.79 Å². The second kappa shape index (κ2) is 20.1. The SMILES string of the molecule is CCCCCCCCCCCCCCCCCCNC(=O)[C@H](CO)NC(=O)OCC1c2ccccc2-c2ccccc21. The number of amides is 2. The van der Waals surface area contributed by atoms with Gasteiger partial charge in [-0.1, -0.05) is 152 Å². The predicted octanol–water partition coefficient (Wildman–Crippen LogP) is 8.26. The monoisotopic (exact) mass is 578 g/mol. The maximum absolute atomic E-state index is 12.5. The lowest BCUT2D eigenvalue weighted by molar-refractivity contribution is -0.123. The third kappa shape index (κ3) is 11.4. The average molecular weight is 579 g/mol. The zero-order valence-electron chi connectivity index (χ0n) is 25.9. The second-order valence-electron chi connectivity index (χ2n) is 11.8. The lowest BCUT2D eigenvalue weighted by atomic mass is 9.98. The van der Waals surface area contributed by atoms with Crippen molar-refractivity contribution in [2.24, 2.45) is 0 Å². The number of fused-ring (bicyclic) bond motifs is 3. The summed E-state index contributed by atoms with van der Waals surface area (Å²) in [5.41, 5.74) is 4.57. The predicted molar refractivity (Wildman–Crippen MR) is 172 cm³/mol. The Morgan fingerprint density at radius 1 is 0.714 bits per heavy atom. The van der Waals surface area contributed by atoms with Crippen molar-refractivity contribution >= 4 is 12.0 Å². The average Bonchev–Trinajstić information content (AvgIpc) is 3.33. The first kappa shape index (κ1) is 33.6. The van der Waals surface area contributed by atoms with Gasteiger partial charge in [-0.15, -0.1) is 0 Å². The van der Waals surface area contributed by atoms with E-state index in [-0.39, 0.29) is 18.4 Å². The number of ether oxygens (including phenoxy) is 1. The molecule has 0 aliphatic heterocycles. The summed E-state index contributed by atoms with van der Waals surface area (Å²) < 4.78 is 5.52. The molecule has 2 aromatic rings. The Balaban J connectivity index is 1.20. The smallest absolute Gasteiger partial charge is 0.407 e. The fourth-order valence-corrected chi connectivity index (χ4v) is 5.98. The first-order valence-corrected chi connectivity index (χ1v) is 16.7. The van der Waals surface area contributed by atoms with Gasteiger partial charge in [-0.2, -0.15) is 0 Å². The van der Waals surface area contributed by atoms with Crippen molar-refractivity contribution in [1.29, 1.82) is 0 Å². The van der Waals surface area contributed by atoms with Gasteiger partial charge in [0, 0.05) is 12.5 Å². The molecule has 6 nitrogen and oxygen atoms in total. The van der Waals surface area contributed by atoms with Gasteiger partial charge in [-0.3, -0.25) is 4.79 Å². The van der Waals surface area contributed by atoms with Crippen molar-refractivity contribution < 1.29 is 19.4 Å². The van der Waals surface area contributed by atoms with Gasteiger partial charge < -0.3 is 20.5 Å². The maximum Gasteiger partial charge on any atom is 0.407 e. The van der Waals surface area contributed by atoms with Gasteiger partial charge in [-0.25, -0.2) is 4.79 Å². The van der Waals surface area contributed by atoms with Gasteiger partial charge >= 0.3 is 6.09 Å². The molecule has 0 spiro atoms. The third-order valence-corrected chi connectivity index (χ3v) is 8.46. The molecule has 42 heavy (non-hydrogen) atoms. The Kier molecular flexibility index (Phi) is 16.1. The maximum atomic E-state index is 12.5. The molecule has 6 heteroatoms. The molecule has 0 radical (unpaired) electrons. The normalized spacial score (nSPS) is 12.9. The zero-order valence-corrected chi connectivity index (χ0v) is 25.9. The molecular weight excluding hydrogens is 524 g/mol. The van der Waals surface area contributed by atoms with Gasteiger partial charge in [0.05, 0.1) is 6.61 Å². The Bertz CT molecular complexity index is 1010. The van der Waals surface area contributed by atoms with Crippen LogP contribution in [-0.4, -0.2) is 42.9 Å². The fourth-order valence-electron chi connectivity index (χ4n) is 5.98. The number of hydrogen-bond acceptors (Lipinski definition) is 4. The van der Waals surface area contributed by atoms with E-state index < -0.39 is 18.7 Å². The first-order chi connectivity index (χ1) is 20.7. The molecule has 2 amide bonds. The molecule has 0 unspecified atom stereocenters. The zero-order chi connectivity index (χ0) is 29.8. The Morgan fingerprint density at radius 2 is 1.17 bits per heavy atom. The number of hydrogen-bond donors (Lipinski definition) is 3. The number of aliphatic hydroxyl groups is 1. The van der Waals surface area contributed by atoms with Crippen LogP contribution in [0.15, 0.2) is 48.5 Å². The summed E-state index contributed by atoms with van der Waals surface area (Å²) in [6, 6.07) is 15.3. The third-order valence-electron chi connectivity index (χ3n) is 8.46. The molecule has 2 aromatic carbocycles. The number of carbonyl (C=O) groups excluding carboxylic acids is 2. The number of alkyl carbamates (subject to hydrolysis) is 1. The van der Waals surface area contributed by atoms with E-state index >= 15 is 0 Å². The summed E-state index contributed by atoms with van der Waals surface area (Å²) in [6.07, 6.45) is 20.2. The van der Waals surface area contributed by atoms with E-state index in [0.29, 0.717) is 6.54 Å². The van der Waals surface area contributed by atoms with Gasteiger partial charge in [-0.05, 0) is 28.7 Å². The number of benzene rings is 2. The van der Waals surface area contributed by atoms with Crippen molar-refractivity contribution in [1.82, 2.24) is 10.6 Å². The van der Waals surface area contributed by atoms with Crippen LogP contribution in [0.1, 0.15) is 127 Å². The molecule has 0 heterocycles. The van der Waals surface area contributed by atoms with E-state index in [4.69, 9.17) is 4.74 Å². The number of carbonyl (C=O) groups is 2. The molecule has 1 aliphatic rings. The van der Waals surface area contributed by atoms with E-state index in [0.717, 1.165) is 35.1 Å². The summed E-state index contributed by atoms with van der Waals surface area (Å²) in [7, 11) is 0. The fraction of sp³-hybridized carbons (Fsp3) is 0.611. The molecule has 3 rings (SSSR count). The minimum atomic E-state index is -1.03. The highest BCUT2D eigenvalue weighted by molar-refractivity contribution is 5.85. The van der Waals surface area contributed by atoms with Crippen LogP contribution in [0.5, 0.6) is 0 Å². The standard InChI is InChI=1S/C36H54N2O4/c1-2-3-4-5-6-7-8-9-10-11-12-13-14-15-16-21-26-37-35(40)34(27-39)38-36(41)42-28-33-31-24-19-17-22-29(31)30-23-18-20-25-32(30)33/h17-20,22-25,33-34,39H,2-16,21,26-28H2,1H3,(H,37,40)(H,38,41)/t34-/m0/s1. The number of nitrogens with one attached hydrogen (secondary N) is 2. The van der Waals surface area contributed by atoms with Crippen LogP contribution < -0.4 is 10.6 Å². The summed E-state index contributed by atoms with van der Waals surface area (Å²) >= 11 is 0. The van der Waals surface area contributed by atoms with Crippen molar-refractivity contribution in [2.45, 2.75) is 122 Å². The second-order valence-corrected chi connectivity index (χ2v) is 11.8. The van der Waals surface area contributed by atoms with Gasteiger partial charge in [0.15, 0.2) is 0 Å². The van der Waals surface area contributed by atoms with Crippen molar-refractivity contribution in [2.75, 3.05) is 19.8 Å². The lowest BCUT2D eigenvalue weighted by Crippen LogP contribution is -2.49. The molecule has 1 aliphatic carbocycles.